The molecular formula is C21H32N10. The zero-order valence-electron chi connectivity index (χ0n) is 17.9. The number of imidazole rings is 2. The van der Waals surface area contributed by atoms with Gasteiger partial charge in [-0.3, -0.25) is 0 Å². The normalized spacial score (nSPS) is 13.5. The monoisotopic (exact) mass is 424 g/mol. The van der Waals surface area contributed by atoms with Crippen LogP contribution in [0, 0.1) is 0 Å². The molecule has 0 aliphatic carbocycles. The molecule has 166 valence electrons. The van der Waals surface area contributed by atoms with Crippen molar-refractivity contribution < 1.29 is 0 Å². The number of nitrogens with one attached hydrogen (secondary N) is 2. The molecule has 0 aromatic carbocycles. The van der Waals surface area contributed by atoms with E-state index in [0.29, 0.717) is 5.69 Å². The Morgan fingerprint density at radius 1 is 0.806 bits per heavy atom. The first-order chi connectivity index (χ1) is 15.3. The summed E-state index contributed by atoms with van der Waals surface area (Å²) in [7, 11) is 0. The molecule has 0 atom stereocenters. The Bertz CT molecular complexity index is 893. The minimum Gasteiger partial charge on any atom is -0.397 e. The third-order valence-corrected chi connectivity index (χ3v) is 5.48. The van der Waals surface area contributed by atoms with E-state index in [4.69, 9.17) is 5.73 Å². The molecule has 0 saturated carbocycles. The van der Waals surface area contributed by atoms with E-state index in [-0.39, 0.29) is 0 Å². The van der Waals surface area contributed by atoms with Crippen molar-refractivity contribution in [2.24, 2.45) is 0 Å². The SMILES string of the molecule is Nc1cnc2c(c1)N(CCNCCn1ccnc1)CCN2CCNCCn1ccnc1. The van der Waals surface area contributed by atoms with Gasteiger partial charge in [0.2, 0.25) is 0 Å². The number of pyridine rings is 1. The molecule has 0 fully saturated rings. The average molecular weight is 425 g/mol. The second-order valence-electron chi connectivity index (χ2n) is 7.69. The summed E-state index contributed by atoms with van der Waals surface area (Å²) < 4.78 is 4.16. The van der Waals surface area contributed by atoms with Crippen LogP contribution in [0.1, 0.15) is 0 Å². The third-order valence-electron chi connectivity index (χ3n) is 5.48. The molecule has 4 heterocycles. The van der Waals surface area contributed by atoms with Crippen molar-refractivity contribution in [3.05, 3.63) is 49.7 Å². The Morgan fingerprint density at radius 2 is 1.39 bits per heavy atom. The Balaban J connectivity index is 1.23. The predicted octanol–water partition coefficient (Wildman–Crippen LogP) is 0.263. The lowest BCUT2D eigenvalue weighted by Gasteiger charge is -2.38. The van der Waals surface area contributed by atoms with Crippen molar-refractivity contribution >= 4 is 17.2 Å². The summed E-state index contributed by atoms with van der Waals surface area (Å²) in [5.41, 5.74) is 7.89. The van der Waals surface area contributed by atoms with E-state index in [0.717, 1.165) is 77.0 Å². The van der Waals surface area contributed by atoms with Crippen LogP contribution in [0.3, 0.4) is 0 Å². The lowest BCUT2D eigenvalue weighted by atomic mass is 10.2. The van der Waals surface area contributed by atoms with Gasteiger partial charge in [-0.25, -0.2) is 15.0 Å². The zero-order valence-corrected chi connectivity index (χ0v) is 17.9. The highest BCUT2D eigenvalue weighted by Gasteiger charge is 2.23. The van der Waals surface area contributed by atoms with E-state index in [1.165, 1.54) is 0 Å². The van der Waals surface area contributed by atoms with E-state index in [9.17, 15) is 0 Å². The number of aromatic nitrogens is 5. The summed E-state index contributed by atoms with van der Waals surface area (Å²) >= 11 is 0. The number of nitrogen functional groups attached to an aromatic ring is 1. The van der Waals surface area contributed by atoms with Gasteiger partial charge < -0.3 is 35.3 Å². The maximum atomic E-state index is 6.05. The topological polar surface area (TPSA) is 105 Å². The standard InChI is InChI=1S/C21H32N10/c22-19-15-20-21(27-16-19)31(12-6-24-2-8-29-10-4-26-18-29)14-13-30(20)11-5-23-1-7-28-9-3-25-17-28/h3-4,9-10,15-18,23-24H,1-2,5-8,11-14,22H2. The highest BCUT2D eigenvalue weighted by Crippen LogP contribution is 2.31. The summed E-state index contributed by atoms with van der Waals surface area (Å²) in [6, 6.07) is 2.05. The van der Waals surface area contributed by atoms with Gasteiger partial charge in [0.05, 0.1) is 30.2 Å². The number of nitrogens with two attached hydrogens (primary N) is 1. The molecule has 1 aliphatic rings. The van der Waals surface area contributed by atoms with Crippen LogP contribution in [-0.4, -0.2) is 76.4 Å². The predicted molar refractivity (Wildman–Crippen MR) is 123 cm³/mol. The van der Waals surface area contributed by atoms with Crippen molar-refractivity contribution in [3.8, 4) is 0 Å². The lowest BCUT2D eigenvalue weighted by Crippen LogP contribution is -2.46. The highest BCUT2D eigenvalue weighted by molar-refractivity contribution is 5.72. The number of nitrogens with zero attached hydrogens (tertiary/aromatic N) is 7. The second-order valence-corrected chi connectivity index (χ2v) is 7.69. The van der Waals surface area contributed by atoms with Crippen LogP contribution in [0.5, 0.6) is 0 Å². The summed E-state index contributed by atoms with van der Waals surface area (Å²) in [6.45, 7) is 9.29. The number of anilines is 3. The van der Waals surface area contributed by atoms with Gasteiger partial charge in [-0.05, 0) is 6.07 Å². The summed E-state index contributed by atoms with van der Waals surface area (Å²) in [5, 5.41) is 7.03. The van der Waals surface area contributed by atoms with E-state index in [1.807, 2.05) is 43.5 Å². The van der Waals surface area contributed by atoms with Crippen molar-refractivity contribution in [3.63, 3.8) is 0 Å². The van der Waals surface area contributed by atoms with E-state index >= 15 is 0 Å². The number of fused-ring (bicyclic) bond motifs is 1. The molecule has 0 saturated heterocycles. The van der Waals surface area contributed by atoms with Crippen molar-refractivity contribution in [1.82, 2.24) is 34.7 Å². The van der Waals surface area contributed by atoms with Gasteiger partial charge in [-0.15, -0.1) is 0 Å². The van der Waals surface area contributed by atoms with Crippen LogP contribution >= 0.6 is 0 Å². The molecular weight excluding hydrogens is 392 g/mol. The first-order valence-corrected chi connectivity index (χ1v) is 10.9. The van der Waals surface area contributed by atoms with Crippen LogP contribution in [-0.2, 0) is 13.1 Å². The molecule has 1 aliphatic heterocycles. The maximum Gasteiger partial charge on any atom is 0.152 e. The first-order valence-electron chi connectivity index (χ1n) is 10.9. The van der Waals surface area contributed by atoms with Gasteiger partial charge in [-0.1, -0.05) is 0 Å². The molecule has 0 radical (unpaired) electrons. The molecule has 10 nitrogen and oxygen atoms in total. The summed E-state index contributed by atoms with van der Waals surface area (Å²) in [4.78, 5) is 17.5. The Morgan fingerprint density at radius 3 is 2.00 bits per heavy atom. The van der Waals surface area contributed by atoms with Gasteiger partial charge in [0.15, 0.2) is 5.82 Å². The molecule has 0 unspecified atom stereocenters. The van der Waals surface area contributed by atoms with Crippen LogP contribution in [0.25, 0.3) is 0 Å². The van der Waals surface area contributed by atoms with E-state index < -0.39 is 0 Å². The van der Waals surface area contributed by atoms with E-state index in [2.05, 4.69) is 44.5 Å². The Hall–Kier alpha value is -3.11. The molecule has 3 aromatic heterocycles. The molecule has 3 aromatic rings. The quantitative estimate of drug-likeness (QED) is 0.356. The summed E-state index contributed by atoms with van der Waals surface area (Å²) in [5.74, 6) is 1.02. The molecule has 4 rings (SSSR count). The van der Waals surface area contributed by atoms with Crippen LogP contribution in [0.4, 0.5) is 17.2 Å². The molecule has 4 N–H and O–H groups in total. The molecule has 0 bridgehead atoms. The largest absolute Gasteiger partial charge is 0.397 e. The highest BCUT2D eigenvalue weighted by atomic mass is 15.3. The fourth-order valence-corrected chi connectivity index (χ4v) is 3.79. The van der Waals surface area contributed by atoms with Crippen molar-refractivity contribution in [1.29, 1.82) is 0 Å². The van der Waals surface area contributed by atoms with Crippen molar-refractivity contribution in [2.75, 3.05) is 67.9 Å². The van der Waals surface area contributed by atoms with Crippen LogP contribution in [0.2, 0.25) is 0 Å². The van der Waals surface area contributed by atoms with E-state index in [1.54, 1.807) is 6.20 Å². The minimum atomic E-state index is 0.706. The van der Waals surface area contributed by atoms with Crippen LogP contribution < -0.4 is 26.2 Å². The van der Waals surface area contributed by atoms with Gasteiger partial charge in [0.25, 0.3) is 0 Å². The smallest absolute Gasteiger partial charge is 0.152 e. The number of rotatable bonds is 12. The van der Waals surface area contributed by atoms with Gasteiger partial charge in [-0.2, -0.15) is 0 Å². The Kier molecular flexibility index (Phi) is 7.35. The first kappa shape index (κ1) is 21.1. The molecule has 10 heteroatoms. The Labute approximate surface area is 183 Å². The number of hydrogen-bond acceptors (Lipinski definition) is 8. The van der Waals surface area contributed by atoms with Gasteiger partial charge in [0.1, 0.15) is 0 Å². The second kappa shape index (κ2) is 10.8. The summed E-state index contributed by atoms with van der Waals surface area (Å²) in [6.07, 6.45) is 13.0. The zero-order chi connectivity index (χ0) is 21.3. The number of hydrogen-bond donors (Lipinski definition) is 3. The molecule has 0 spiro atoms. The maximum absolute atomic E-state index is 6.05. The molecule has 31 heavy (non-hydrogen) atoms. The van der Waals surface area contributed by atoms with Crippen molar-refractivity contribution in [2.45, 2.75) is 13.1 Å². The fraction of sp³-hybridized carbons (Fsp3) is 0.476. The van der Waals surface area contributed by atoms with Gasteiger partial charge >= 0.3 is 0 Å². The molecule has 0 amide bonds. The third kappa shape index (κ3) is 5.96. The van der Waals surface area contributed by atoms with Crippen LogP contribution in [0.15, 0.2) is 49.7 Å². The average Bonchev–Trinajstić information content (AvgIpc) is 3.48. The minimum absolute atomic E-state index is 0.706. The lowest BCUT2D eigenvalue weighted by molar-refractivity contribution is 0.572. The van der Waals surface area contributed by atoms with Gasteiger partial charge in [0, 0.05) is 90.2 Å². The fourth-order valence-electron chi connectivity index (χ4n) is 3.79.